The van der Waals surface area contributed by atoms with Crippen LogP contribution in [0.15, 0.2) is 0 Å². The van der Waals surface area contributed by atoms with Crippen molar-refractivity contribution in [3.8, 4) is 0 Å². The third-order valence-corrected chi connectivity index (χ3v) is 4.42. The highest BCUT2D eigenvalue weighted by Crippen LogP contribution is 2.28. The van der Waals surface area contributed by atoms with Gasteiger partial charge in [0.2, 0.25) is 0 Å². The largest absolute Gasteiger partial charge is 0.298 e. The van der Waals surface area contributed by atoms with Crippen LogP contribution in [0.1, 0.15) is 44.9 Å². The Morgan fingerprint density at radius 1 is 1.00 bits per heavy atom. The van der Waals surface area contributed by atoms with Crippen molar-refractivity contribution in [1.29, 1.82) is 0 Å². The molecule has 2 atom stereocenters. The monoisotopic (exact) mass is 261 g/mol. The first-order valence-corrected chi connectivity index (χ1v) is 8.50. The van der Waals surface area contributed by atoms with Crippen molar-refractivity contribution in [2.75, 3.05) is 19.3 Å². The van der Waals surface area contributed by atoms with Gasteiger partial charge in [-0.1, -0.05) is 19.3 Å². The lowest BCUT2D eigenvalue weighted by Gasteiger charge is -2.40. The van der Waals surface area contributed by atoms with Gasteiger partial charge >= 0.3 is 0 Å². The summed E-state index contributed by atoms with van der Waals surface area (Å²) in [5.41, 5.74) is 0. The van der Waals surface area contributed by atoms with E-state index >= 15 is 0 Å². The van der Waals surface area contributed by atoms with E-state index in [0.717, 1.165) is 38.6 Å². The van der Waals surface area contributed by atoms with Crippen molar-refractivity contribution in [3.05, 3.63) is 0 Å². The van der Waals surface area contributed by atoms with Gasteiger partial charge in [-0.3, -0.25) is 9.08 Å². The first-order chi connectivity index (χ1) is 8.06. The third kappa shape index (κ3) is 3.93. The molecule has 0 aromatic rings. The summed E-state index contributed by atoms with van der Waals surface area (Å²) in [6.07, 6.45) is 9.08. The topological polar surface area (TPSA) is 46.6 Å². The average molecular weight is 261 g/mol. The summed E-state index contributed by atoms with van der Waals surface area (Å²) in [5.74, 6) is 0. The SMILES string of the molecule is CS(=O)(=O)O[C@@H]1CCCC[C@H]1N1CCCCC1. The molecule has 1 saturated carbocycles. The molecule has 1 saturated heterocycles. The van der Waals surface area contributed by atoms with Gasteiger partial charge in [0.15, 0.2) is 0 Å². The van der Waals surface area contributed by atoms with E-state index in [-0.39, 0.29) is 6.10 Å². The molecule has 0 bridgehead atoms. The Morgan fingerprint density at radius 3 is 2.29 bits per heavy atom. The second-order valence-corrected chi connectivity index (χ2v) is 6.89. The highest BCUT2D eigenvalue weighted by atomic mass is 32.2. The molecule has 0 amide bonds. The molecule has 0 aromatic carbocycles. The molecular formula is C12H23NO3S. The summed E-state index contributed by atoms with van der Waals surface area (Å²) in [6.45, 7) is 2.21. The lowest BCUT2D eigenvalue weighted by atomic mass is 9.90. The number of hydrogen-bond acceptors (Lipinski definition) is 4. The second kappa shape index (κ2) is 5.67. The number of nitrogens with zero attached hydrogens (tertiary/aromatic N) is 1. The fourth-order valence-electron chi connectivity index (χ4n) is 3.08. The van der Waals surface area contributed by atoms with Crippen LogP contribution in [0.3, 0.4) is 0 Å². The molecule has 4 nitrogen and oxygen atoms in total. The van der Waals surface area contributed by atoms with Crippen molar-refractivity contribution in [1.82, 2.24) is 4.90 Å². The third-order valence-electron chi connectivity index (χ3n) is 3.83. The van der Waals surface area contributed by atoms with Crippen molar-refractivity contribution < 1.29 is 12.6 Å². The summed E-state index contributed by atoms with van der Waals surface area (Å²) < 4.78 is 27.8. The number of likely N-dealkylation sites (tertiary alicyclic amines) is 1. The Hall–Kier alpha value is -0.130. The quantitative estimate of drug-likeness (QED) is 0.726. The van der Waals surface area contributed by atoms with Crippen LogP contribution >= 0.6 is 0 Å². The maximum atomic E-state index is 11.3. The number of rotatable bonds is 3. The molecule has 0 unspecified atom stereocenters. The van der Waals surface area contributed by atoms with E-state index in [0.29, 0.717) is 6.04 Å². The fraction of sp³-hybridized carbons (Fsp3) is 1.00. The Morgan fingerprint density at radius 2 is 1.65 bits per heavy atom. The minimum Gasteiger partial charge on any atom is -0.298 e. The molecule has 1 heterocycles. The van der Waals surface area contributed by atoms with Crippen LogP contribution in [0.2, 0.25) is 0 Å². The smallest absolute Gasteiger partial charge is 0.264 e. The molecule has 100 valence electrons. The minimum atomic E-state index is -3.32. The Balaban J connectivity index is 2.00. The van der Waals surface area contributed by atoms with Gasteiger partial charge in [-0.05, 0) is 38.8 Å². The number of piperidine rings is 1. The van der Waals surface area contributed by atoms with Gasteiger partial charge in [0.05, 0.1) is 12.4 Å². The van der Waals surface area contributed by atoms with Crippen molar-refractivity contribution in [2.24, 2.45) is 0 Å². The van der Waals surface area contributed by atoms with Crippen molar-refractivity contribution in [2.45, 2.75) is 57.1 Å². The molecule has 2 fully saturated rings. The molecule has 2 aliphatic rings. The molecule has 17 heavy (non-hydrogen) atoms. The highest BCUT2D eigenvalue weighted by molar-refractivity contribution is 7.86. The van der Waals surface area contributed by atoms with E-state index in [2.05, 4.69) is 4.90 Å². The summed E-state index contributed by atoms with van der Waals surface area (Å²) >= 11 is 0. The van der Waals surface area contributed by atoms with E-state index in [9.17, 15) is 8.42 Å². The molecule has 2 rings (SSSR count). The van der Waals surface area contributed by atoms with Gasteiger partial charge in [-0.2, -0.15) is 8.42 Å². The van der Waals surface area contributed by atoms with Gasteiger partial charge < -0.3 is 0 Å². The first-order valence-electron chi connectivity index (χ1n) is 6.68. The maximum Gasteiger partial charge on any atom is 0.264 e. The molecule has 0 radical (unpaired) electrons. The van der Waals surface area contributed by atoms with E-state index < -0.39 is 10.1 Å². The van der Waals surface area contributed by atoms with Crippen LogP contribution in [0.4, 0.5) is 0 Å². The fourth-order valence-corrected chi connectivity index (χ4v) is 3.76. The van der Waals surface area contributed by atoms with Crippen LogP contribution in [0.5, 0.6) is 0 Å². The molecule has 0 N–H and O–H groups in total. The summed E-state index contributed by atoms with van der Waals surface area (Å²) in [5, 5.41) is 0. The Kier molecular flexibility index (Phi) is 4.44. The van der Waals surface area contributed by atoms with Crippen LogP contribution in [0.25, 0.3) is 0 Å². The molecular weight excluding hydrogens is 238 g/mol. The van der Waals surface area contributed by atoms with Gasteiger partial charge in [0.1, 0.15) is 0 Å². The van der Waals surface area contributed by atoms with E-state index in [1.165, 1.54) is 25.7 Å². The summed E-state index contributed by atoms with van der Waals surface area (Å²) in [6, 6.07) is 0.318. The standard InChI is InChI=1S/C12H23NO3S/c1-17(14,15)16-12-8-4-3-7-11(12)13-9-5-2-6-10-13/h11-12H,2-10H2,1H3/t11-,12-/m1/s1. The summed E-state index contributed by atoms with van der Waals surface area (Å²) in [7, 11) is -3.32. The summed E-state index contributed by atoms with van der Waals surface area (Å²) in [4.78, 5) is 2.44. The zero-order valence-electron chi connectivity index (χ0n) is 10.6. The van der Waals surface area contributed by atoms with E-state index in [1.54, 1.807) is 0 Å². The molecule has 5 heteroatoms. The maximum absolute atomic E-state index is 11.3. The van der Waals surface area contributed by atoms with Crippen LogP contribution in [0, 0.1) is 0 Å². The minimum absolute atomic E-state index is 0.114. The van der Waals surface area contributed by atoms with Crippen LogP contribution < -0.4 is 0 Å². The van der Waals surface area contributed by atoms with Gasteiger partial charge in [-0.25, -0.2) is 0 Å². The first kappa shape index (κ1) is 13.3. The highest BCUT2D eigenvalue weighted by Gasteiger charge is 2.33. The predicted molar refractivity (Wildman–Crippen MR) is 67.4 cm³/mol. The van der Waals surface area contributed by atoms with Crippen molar-refractivity contribution in [3.63, 3.8) is 0 Å². The van der Waals surface area contributed by atoms with Crippen LogP contribution in [-0.2, 0) is 14.3 Å². The Bertz CT molecular complexity index is 336. The molecule has 1 aliphatic carbocycles. The van der Waals surface area contributed by atoms with E-state index in [4.69, 9.17) is 4.18 Å². The number of hydrogen-bond donors (Lipinski definition) is 0. The van der Waals surface area contributed by atoms with Gasteiger partial charge in [0.25, 0.3) is 10.1 Å². The zero-order valence-corrected chi connectivity index (χ0v) is 11.4. The lowest BCUT2D eigenvalue weighted by molar-refractivity contribution is 0.0303. The zero-order chi connectivity index (χ0) is 12.3. The molecule has 0 spiro atoms. The molecule has 0 aromatic heterocycles. The average Bonchev–Trinajstić information content (AvgIpc) is 2.29. The van der Waals surface area contributed by atoms with E-state index in [1.807, 2.05) is 0 Å². The lowest BCUT2D eigenvalue weighted by Crippen LogP contribution is -2.49. The van der Waals surface area contributed by atoms with Gasteiger partial charge in [-0.15, -0.1) is 0 Å². The van der Waals surface area contributed by atoms with Crippen LogP contribution in [-0.4, -0.2) is 44.8 Å². The Labute approximate surface area is 104 Å². The van der Waals surface area contributed by atoms with Crippen molar-refractivity contribution >= 4 is 10.1 Å². The normalized spacial score (nSPS) is 32.5. The van der Waals surface area contributed by atoms with Gasteiger partial charge in [0, 0.05) is 6.04 Å². The second-order valence-electron chi connectivity index (χ2n) is 5.29. The predicted octanol–water partition coefficient (Wildman–Crippen LogP) is 1.76. The molecule has 1 aliphatic heterocycles.